The minimum absolute atomic E-state index is 0.0547. The molecule has 164 valence electrons. The van der Waals surface area contributed by atoms with Gasteiger partial charge in [0.1, 0.15) is 19.0 Å². The molecule has 0 saturated heterocycles. The summed E-state index contributed by atoms with van der Waals surface area (Å²) < 4.78 is 49.1. The van der Waals surface area contributed by atoms with E-state index in [1.807, 2.05) is 13.8 Å². The van der Waals surface area contributed by atoms with Crippen LogP contribution in [0.1, 0.15) is 20.3 Å². The van der Waals surface area contributed by atoms with Crippen LogP contribution in [0.25, 0.3) is 11.5 Å². The van der Waals surface area contributed by atoms with Crippen molar-refractivity contribution in [3.8, 4) is 28.7 Å². The normalized spacial score (nSPS) is 13.1. The van der Waals surface area contributed by atoms with Gasteiger partial charge in [0, 0.05) is 18.2 Å². The van der Waals surface area contributed by atoms with E-state index < -0.39 is 9.84 Å². The number of anilines is 1. The highest BCUT2D eigenvalue weighted by atomic mass is 32.2. The lowest BCUT2D eigenvalue weighted by Gasteiger charge is -2.18. The Morgan fingerprint density at radius 1 is 1.03 bits per heavy atom. The highest BCUT2D eigenvalue weighted by Gasteiger charge is 2.29. The van der Waals surface area contributed by atoms with Crippen LogP contribution < -0.4 is 19.5 Å². The molecule has 2 aromatic carbocycles. The summed E-state index contributed by atoms with van der Waals surface area (Å²) in [4.78, 5) is 4.38. The van der Waals surface area contributed by atoms with E-state index in [1.54, 1.807) is 30.3 Å². The number of sulfone groups is 1. The van der Waals surface area contributed by atoms with Crippen LogP contribution in [0.5, 0.6) is 17.2 Å². The molecule has 2 heterocycles. The highest BCUT2D eigenvalue weighted by molar-refractivity contribution is 7.91. The summed E-state index contributed by atoms with van der Waals surface area (Å²) in [5.74, 6) is 1.94. The van der Waals surface area contributed by atoms with Gasteiger partial charge in [-0.3, -0.25) is 0 Å². The molecule has 8 nitrogen and oxygen atoms in total. The SMILES string of the molecule is CCCOc1ccc(-c2nc(S(=O)(=O)c3ccc4c(c3)OCCO4)c(NCC)o2)cc1. The van der Waals surface area contributed by atoms with Crippen molar-refractivity contribution >= 4 is 15.7 Å². The summed E-state index contributed by atoms with van der Waals surface area (Å²) in [7, 11) is -3.96. The quantitative estimate of drug-likeness (QED) is 0.553. The van der Waals surface area contributed by atoms with Gasteiger partial charge in [0.25, 0.3) is 0 Å². The summed E-state index contributed by atoms with van der Waals surface area (Å²) >= 11 is 0. The molecule has 1 aliphatic heterocycles. The van der Waals surface area contributed by atoms with Crippen LogP contribution in [0.3, 0.4) is 0 Å². The molecule has 4 rings (SSSR count). The number of ether oxygens (including phenoxy) is 3. The fraction of sp³-hybridized carbons (Fsp3) is 0.318. The topological polar surface area (TPSA) is 99.9 Å². The first-order chi connectivity index (χ1) is 15.0. The van der Waals surface area contributed by atoms with Crippen LogP contribution in [0, 0.1) is 0 Å². The number of rotatable bonds is 8. The van der Waals surface area contributed by atoms with Crippen molar-refractivity contribution in [1.82, 2.24) is 4.98 Å². The van der Waals surface area contributed by atoms with Gasteiger partial charge in [0.15, 0.2) is 11.5 Å². The van der Waals surface area contributed by atoms with Crippen LogP contribution in [0.2, 0.25) is 0 Å². The molecule has 0 saturated carbocycles. The Balaban J connectivity index is 1.70. The maximum absolute atomic E-state index is 13.4. The first-order valence-corrected chi connectivity index (χ1v) is 11.6. The summed E-state index contributed by atoms with van der Waals surface area (Å²) in [5.41, 5.74) is 0.645. The summed E-state index contributed by atoms with van der Waals surface area (Å²) in [6.07, 6.45) is 0.911. The molecule has 0 fully saturated rings. The standard InChI is InChI=1S/C22H24N2O6S/c1-3-11-27-16-7-5-15(6-8-16)20-24-22(21(30-20)23-4-2)31(25,26)17-9-10-18-19(14-17)29-13-12-28-18/h5-10,14,23H,3-4,11-13H2,1-2H3. The maximum atomic E-state index is 13.4. The fourth-order valence-electron chi connectivity index (χ4n) is 3.10. The average Bonchev–Trinajstić information content (AvgIpc) is 3.23. The monoisotopic (exact) mass is 444 g/mol. The predicted molar refractivity (Wildman–Crippen MR) is 115 cm³/mol. The lowest BCUT2D eigenvalue weighted by molar-refractivity contribution is 0.171. The number of hydrogen-bond donors (Lipinski definition) is 1. The average molecular weight is 445 g/mol. The van der Waals surface area contributed by atoms with Gasteiger partial charge in [-0.1, -0.05) is 6.92 Å². The molecule has 1 N–H and O–H groups in total. The van der Waals surface area contributed by atoms with Crippen molar-refractivity contribution in [2.75, 3.05) is 31.7 Å². The Hall–Kier alpha value is -3.20. The molecule has 1 aliphatic rings. The molecule has 0 aliphatic carbocycles. The molecule has 9 heteroatoms. The summed E-state index contributed by atoms with van der Waals surface area (Å²) in [6.45, 7) is 5.78. The van der Waals surface area contributed by atoms with Crippen LogP contribution in [-0.2, 0) is 9.84 Å². The molecular formula is C22H24N2O6S. The van der Waals surface area contributed by atoms with Crippen molar-refractivity contribution in [2.45, 2.75) is 30.2 Å². The van der Waals surface area contributed by atoms with Crippen molar-refractivity contribution in [2.24, 2.45) is 0 Å². The molecule has 0 atom stereocenters. The summed E-state index contributed by atoms with van der Waals surface area (Å²) in [6, 6.07) is 11.7. The lowest BCUT2D eigenvalue weighted by Crippen LogP contribution is -2.16. The highest BCUT2D eigenvalue weighted by Crippen LogP contribution is 2.37. The largest absolute Gasteiger partial charge is 0.494 e. The summed E-state index contributed by atoms with van der Waals surface area (Å²) in [5, 5.41) is 2.78. The van der Waals surface area contributed by atoms with E-state index in [1.165, 1.54) is 12.1 Å². The van der Waals surface area contributed by atoms with Crippen LogP contribution in [0.4, 0.5) is 5.88 Å². The van der Waals surface area contributed by atoms with Gasteiger partial charge in [-0.05, 0) is 49.7 Å². The van der Waals surface area contributed by atoms with Crippen LogP contribution in [0.15, 0.2) is 56.8 Å². The van der Waals surface area contributed by atoms with Gasteiger partial charge >= 0.3 is 0 Å². The molecule has 0 radical (unpaired) electrons. The van der Waals surface area contributed by atoms with Crippen molar-refractivity contribution in [3.05, 3.63) is 42.5 Å². The second-order valence-electron chi connectivity index (χ2n) is 6.87. The Labute approximate surface area is 181 Å². The zero-order valence-electron chi connectivity index (χ0n) is 17.4. The van der Waals surface area contributed by atoms with E-state index in [-0.39, 0.29) is 21.7 Å². The number of fused-ring (bicyclic) bond motifs is 1. The third-order valence-electron chi connectivity index (χ3n) is 4.59. The van der Waals surface area contributed by atoms with Crippen molar-refractivity contribution in [1.29, 1.82) is 0 Å². The van der Waals surface area contributed by atoms with Crippen LogP contribution in [-0.4, -0.2) is 39.8 Å². The molecule has 31 heavy (non-hydrogen) atoms. The number of oxazole rings is 1. The maximum Gasteiger partial charge on any atom is 0.233 e. The number of hydrogen-bond acceptors (Lipinski definition) is 8. The van der Waals surface area contributed by atoms with Gasteiger partial charge in [-0.15, -0.1) is 0 Å². The van der Waals surface area contributed by atoms with Gasteiger partial charge in [0.2, 0.25) is 26.6 Å². The second-order valence-corrected chi connectivity index (χ2v) is 8.73. The Morgan fingerprint density at radius 3 is 2.48 bits per heavy atom. The molecular weight excluding hydrogens is 420 g/mol. The Bertz CT molecular complexity index is 1160. The minimum Gasteiger partial charge on any atom is -0.494 e. The molecule has 3 aromatic rings. The number of aromatic nitrogens is 1. The van der Waals surface area contributed by atoms with E-state index in [2.05, 4.69) is 10.3 Å². The van der Waals surface area contributed by atoms with E-state index >= 15 is 0 Å². The van der Waals surface area contributed by atoms with E-state index in [9.17, 15) is 8.42 Å². The zero-order chi connectivity index (χ0) is 21.8. The van der Waals surface area contributed by atoms with E-state index in [0.717, 1.165) is 12.2 Å². The van der Waals surface area contributed by atoms with Crippen LogP contribution >= 0.6 is 0 Å². The van der Waals surface area contributed by atoms with Gasteiger partial charge in [0.05, 0.1) is 11.5 Å². The predicted octanol–water partition coefficient (Wildman–Crippen LogP) is 4.17. The van der Waals surface area contributed by atoms with E-state index in [0.29, 0.717) is 43.4 Å². The Kier molecular flexibility index (Phi) is 6.03. The van der Waals surface area contributed by atoms with E-state index in [4.69, 9.17) is 18.6 Å². The smallest absolute Gasteiger partial charge is 0.233 e. The fourth-order valence-corrected chi connectivity index (χ4v) is 4.39. The molecule has 0 amide bonds. The minimum atomic E-state index is -3.96. The molecule has 0 bridgehead atoms. The molecule has 0 unspecified atom stereocenters. The molecule has 0 spiro atoms. The van der Waals surface area contributed by atoms with Gasteiger partial charge < -0.3 is 23.9 Å². The molecule has 1 aromatic heterocycles. The first kappa shape index (κ1) is 21.0. The lowest BCUT2D eigenvalue weighted by atomic mass is 10.2. The third-order valence-corrected chi connectivity index (χ3v) is 6.25. The number of nitrogens with one attached hydrogen (secondary N) is 1. The van der Waals surface area contributed by atoms with Crippen molar-refractivity contribution < 1.29 is 27.0 Å². The number of nitrogens with zero attached hydrogens (tertiary/aromatic N) is 1. The van der Waals surface area contributed by atoms with Crippen molar-refractivity contribution in [3.63, 3.8) is 0 Å². The Morgan fingerprint density at radius 2 is 1.77 bits per heavy atom. The zero-order valence-corrected chi connectivity index (χ0v) is 18.2. The van der Waals surface area contributed by atoms with Gasteiger partial charge in [-0.2, -0.15) is 4.98 Å². The number of benzene rings is 2. The second kappa shape index (κ2) is 8.89. The van der Waals surface area contributed by atoms with Gasteiger partial charge in [-0.25, -0.2) is 8.42 Å². The first-order valence-electron chi connectivity index (χ1n) is 10.2. The third kappa shape index (κ3) is 4.32.